The minimum Gasteiger partial charge on any atom is -0.457 e. The molecule has 11 heteroatoms. The van der Waals surface area contributed by atoms with Gasteiger partial charge in [-0.25, -0.2) is 8.42 Å². The van der Waals surface area contributed by atoms with Crippen molar-refractivity contribution in [1.82, 2.24) is 15.1 Å². The monoisotopic (exact) mass is 618 g/mol. The van der Waals surface area contributed by atoms with Gasteiger partial charge in [-0.3, -0.25) is 19.2 Å². The Morgan fingerprint density at radius 1 is 0.905 bits per heavy atom. The van der Waals surface area contributed by atoms with E-state index in [0.29, 0.717) is 23.1 Å². The Kier molecular flexibility index (Phi) is 10.8. The summed E-state index contributed by atoms with van der Waals surface area (Å²) in [6.07, 6.45) is 9.75. The van der Waals surface area contributed by atoms with Crippen molar-refractivity contribution >= 4 is 39.9 Å². The van der Waals surface area contributed by atoms with Crippen molar-refractivity contribution in [3.63, 3.8) is 0 Å². The molecule has 5 rings (SSSR count). The number of piperidine rings is 1. The van der Waals surface area contributed by atoms with Gasteiger partial charge in [0.25, 0.3) is 0 Å². The van der Waals surface area contributed by atoms with Crippen molar-refractivity contribution in [3.8, 4) is 11.5 Å². The number of anilines is 1. The number of hydrogen-bond donors (Lipinski definition) is 2. The number of nitrogens with zero attached hydrogens (tertiary/aromatic N) is 2. The number of rotatable bonds is 9. The summed E-state index contributed by atoms with van der Waals surface area (Å²) in [4.78, 5) is 30.5. The first kappa shape index (κ1) is 32.1. The van der Waals surface area contributed by atoms with E-state index in [9.17, 15) is 18.0 Å². The Hall–Kier alpha value is -2.82. The fraction of sp³-hybridized carbons (Fsp3) is 0.548. The molecular formula is C31H43ClN4O5S. The molecule has 2 saturated heterocycles. The van der Waals surface area contributed by atoms with E-state index in [-0.39, 0.29) is 42.2 Å². The van der Waals surface area contributed by atoms with Crippen molar-refractivity contribution in [3.05, 3.63) is 54.1 Å². The third-order valence-corrected chi connectivity index (χ3v) is 9.35. The molecule has 42 heavy (non-hydrogen) atoms. The molecule has 0 spiro atoms. The number of carbonyl (C=O) groups is 2. The number of nitrogens with one attached hydrogen (secondary N) is 2. The highest BCUT2D eigenvalue weighted by atomic mass is 35.5. The Bertz CT molecular complexity index is 1310. The molecule has 2 heterocycles. The van der Waals surface area contributed by atoms with Crippen LogP contribution in [0.2, 0.25) is 0 Å². The standard InChI is InChI=1S/C31H42N4O5S.ClH/c1-34-29(30(36)32-28(31(34)37)20-22-6-4-3-5-7-22)24-16-18-35(19-17-24)21-23-8-12-26(13-9-23)40-27-14-10-25(11-15-27)33-41(2,38)39;/h8-15,22,24,28-29,33H,3-7,16-21H2,1-2H3,(H,32,36);1H/t28-,29-;/m0./s1. The Labute approximate surface area is 255 Å². The second kappa shape index (κ2) is 14.1. The number of ether oxygens (including phenoxy) is 1. The summed E-state index contributed by atoms with van der Waals surface area (Å²) in [6, 6.07) is 14.0. The zero-order valence-electron chi connectivity index (χ0n) is 24.5. The fourth-order valence-corrected chi connectivity index (χ4v) is 7.18. The number of hydrogen-bond acceptors (Lipinski definition) is 6. The zero-order valence-corrected chi connectivity index (χ0v) is 26.1. The molecule has 3 fully saturated rings. The van der Waals surface area contributed by atoms with Crippen molar-refractivity contribution in [2.75, 3.05) is 31.1 Å². The second-order valence-corrected chi connectivity index (χ2v) is 13.7. The number of benzene rings is 2. The molecule has 2 atom stereocenters. The van der Waals surface area contributed by atoms with Crippen LogP contribution in [0.15, 0.2) is 48.5 Å². The minimum absolute atomic E-state index is 0. The highest BCUT2D eigenvalue weighted by Crippen LogP contribution is 2.32. The van der Waals surface area contributed by atoms with E-state index in [1.165, 1.54) is 37.7 Å². The molecule has 2 aromatic carbocycles. The van der Waals surface area contributed by atoms with Gasteiger partial charge in [0.15, 0.2) is 0 Å². The number of piperazine rings is 1. The van der Waals surface area contributed by atoms with Crippen molar-refractivity contribution in [2.24, 2.45) is 11.8 Å². The lowest BCUT2D eigenvalue weighted by molar-refractivity contribution is -0.151. The van der Waals surface area contributed by atoms with E-state index in [1.807, 2.05) is 19.2 Å². The van der Waals surface area contributed by atoms with E-state index >= 15 is 0 Å². The molecule has 0 unspecified atom stereocenters. The van der Waals surface area contributed by atoms with Crippen LogP contribution in [0, 0.1) is 11.8 Å². The Morgan fingerprint density at radius 3 is 2.10 bits per heavy atom. The lowest BCUT2D eigenvalue weighted by atomic mass is 9.82. The highest BCUT2D eigenvalue weighted by molar-refractivity contribution is 7.92. The molecule has 2 aliphatic heterocycles. The summed E-state index contributed by atoms with van der Waals surface area (Å²) < 4.78 is 31.1. The molecule has 0 aromatic heterocycles. The van der Waals surface area contributed by atoms with Gasteiger partial charge >= 0.3 is 0 Å². The van der Waals surface area contributed by atoms with Crippen LogP contribution in [0.3, 0.4) is 0 Å². The Balaban J connectivity index is 0.00000405. The first-order valence-corrected chi connectivity index (χ1v) is 16.7. The third-order valence-electron chi connectivity index (χ3n) is 8.74. The predicted molar refractivity (Wildman–Crippen MR) is 166 cm³/mol. The maximum absolute atomic E-state index is 13.2. The van der Waals surface area contributed by atoms with Crippen LogP contribution in [0.4, 0.5) is 5.69 Å². The number of amides is 2. The lowest BCUT2D eigenvalue weighted by Gasteiger charge is -2.44. The van der Waals surface area contributed by atoms with E-state index in [2.05, 4.69) is 27.1 Å². The number of likely N-dealkylation sites (tertiary alicyclic amines) is 1. The molecule has 2 aromatic rings. The van der Waals surface area contributed by atoms with Gasteiger partial charge in [-0.2, -0.15) is 0 Å². The van der Waals surface area contributed by atoms with E-state index in [0.717, 1.165) is 45.2 Å². The van der Waals surface area contributed by atoms with E-state index < -0.39 is 10.0 Å². The van der Waals surface area contributed by atoms with Crippen LogP contribution >= 0.6 is 12.4 Å². The first-order chi connectivity index (χ1) is 19.6. The number of sulfonamides is 1. The second-order valence-electron chi connectivity index (χ2n) is 12.0. The highest BCUT2D eigenvalue weighted by Gasteiger charge is 2.43. The molecule has 2 amide bonds. The molecule has 0 bridgehead atoms. The molecule has 0 radical (unpaired) electrons. The van der Waals surface area contributed by atoms with Gasteiger partial charge < -0.3 is 15.0 Å². The zero-order chi connectivity index (χ0) is 29.0. The van der Waals surface area contributed by atoms with Gasteiger partial charge in [0, 0.05) is 19.3 Å². The number of likely N-dealkylation sites (N-methyl/N-ethyl adjacent to an activating group) is 1. The molecule has 230 valence electrons. The van der Waals surface area contributed by atoms with Gasteiger partial charge in [0.1, 0.15) is 23.6 Å². The maximum Gasteiger partial charge on any atom is 0.245 e. The summed E-state index contributed by atoms with van der Waals surface area (Å²) in [5.41, 5.74) is 1.66. The van der Waals surface area contributed by atoms with Crippen molar-refractivity contribution < 1.29 is 22.7 Å². The molecule has 1 aliphatic carbocycles. The topological polar surface area (TPSA) is 108 Å². The first-order valence-electron chi connectivity index (χ1n) is 14.8. The van der Waals surface area contributed by atoms with E-state index in [4.69, 9.17) is 4.74 Å². The van der Waals surface area contributed by atoms with Crippen molar-refractivity contribution in [1.29, 1.82) is 0 Å². The van der Waals surface area contributed by atoms with Crippen molar-refractivity contribution in [2.45, 2.75) is 70.0 Å². The van der Waals surface area contributed by atoms with Crippen LogP contribution in [0.25, 0.3) is 0 Å². The average molecular weight is 619 g/mol. The summed E-state index contributed by atoms with van der Waals surface area (Å²) >= 11 is 0. The number of carbonyl (C=O) groups excluding carboxylic acids is 2. The van der Waals surface area contributed by atoms with Gasteiger partial charge in [0.2, 0.25) is 21.8 Å². The molecule has 3 aliphatic rings. The van der Waals surface area contributed by atoms with Gasteiger partial charge in [-0.1, -0.05) is 44.2 Å². The van der Waals surface area contributed by atoms with Crippen LogP contribution < -0.4 is 14.8 Å². The quantitative estimate of drug-likeness (QED) is 0.419. The summed E-state index contributed by atoms with van der Waals surface area (Å²) in [7, 11) is -1.50. The lowest BCUT2D eigenvalue weighted by Crippen LogP contribution is -2.65. The molecule has 9 nitrogen and oxygen atoms in total. The molecule has 2 N–H and O–H groups in total. The predicted octanol–water partition coefficient (Wildman–Crippen LogP) is 4.78. The normalized spacial score (nSPS) is 22.8. The smallest absolute Gasteiger partial charge is 0.245 e. The summed E-state index contributed by atoms with van der Waals surface area (Å²) in [6.45, 7) is 2.58. The van der Waals surface area contributed by atoms with E-state index in [1.54, 1.807) is 29.2 Å². The van der Waals surface area contributed by atoms with Crippen LogP contribution in [-0.4, -0.2) is 68.5 Å². The number of halogens is 1. The largest absolute Gasteiger partial charge is 0.457 e. The molecule has 1 saturated carbocycles. The summed E-state index contributed by atoms with van der Waals surface area (Å²) in [5.74, 6) is 2.13. The molecular weight excluding hydrogens is 576 g/mol. The van der Waals surface area contributed by atoms with Crippen LogP contribution in [0.5, 0.6) is 11.5 Å². The van der Waals surface area contributed by atoms with Crippen LogP contribution in [0.1, 0.15) is 56.9 Å². The average Bonchev–Trinajstić information content (AvgIpc) is 2.94. The SMILES string of the molecule is CN1C(=O)[C@H](CC2CCCCC2)NC(=O)[C@@H]1C1CCN(Cc2ccc(Oc3ccc(NS(C)(=O)=O)cc3)cc2)CC1.Cl. The third kappa shape index (κ3) is 8.39. The maximum atomic E-state index is 13.2. The fourth-order valence-electron chi connectivity index (χ4n) is 6.61. The van der Waals surface area contributed by atoms with Gasteiger partial charge in [0.05, 0.1) is 6.26 Å². The van der Waals surface area contributed by atoms with Gasteiger partial charge in [-0.15, -0.1) is 12.4 Å². The minimum atomic E-state index is -3.32. The Morgan fingerprint density at radius 2 is 1.50 bits per heavy atom. The summed E-state index contributed by atoms with van der Waals surface area (Å²) in [5, 5.41) is 3.09. The van der Waals surface area contributed by atoms with Gasteiger partial charge in [-0.05, 0) is 86.1 Å². The van der Waals surface area contributed by atoms with Crippen LogP contribution in [-0.2, 0) is 26.2 Å².